The second kappa shape index (κ2) is 17.0. The van der Waals surface area contributed by atoms with Crippen molar-refractivity contribution in [2.75, 3.05) is 11.4 Å². The molecule has 2 heterocycles. The Labute approximate surface area is 251 Å². The number of fused-ring (bicyclic) bond motifs is 1. The van der Waals surface area contributed by atoms with E-state index in [2.05, 4.69) is 51.7 Å². The fraction of sp³-hybridized carbons (Fsp3) is 0.600. The van der Waals surface area contributed by atoms with Gasteiger partial charge in [0.1, 0.15) is 5.82 Å². The maximum Gasteiger partial charge on any atom is 0.227 e. The van der Waals surface area contributed by atoms with Gasteiger partial charge in [0.2, 0.25) is 5.91 Å². The maximum atomic E-state index is 13.0. The van der Waals surface area contributed by atoms with Crippen LogP contribution in [0.3, 0.4) is 0 Å². The van der Waals surface area contributed by atoms with E-state index in [1.165, 1.54) is 108 Å². The van der Waals surface area contributed by atoms with Crippen molar-refractivity contribution in [2.24, 2.45) is 0 Å². The average molecular weight is 609 g/mol. The Morgan fingerprint density at radius 3 is 1.93 bits per heavy atom. The molecule has 0 N–H and O–H groups in total. The van der Waals surface area contributed by atoms with E-state index < -0.39 is 0 Å². The number of aromatic nitrogens is 2. The third-order valence-electron chi connectivity index (χ3n) is 8.55. The van der Waals surface area contributed by atoms with Crippen LogP contribution in [0.2, 0.25) is 0 Å². The lowest BCUT2D eigenvalue weighted by Crippen LogP contribution is -2.25. The van der Waals surface area contributed by atoms with Gasteiger partial charge in [-0.05, 0) is 46.6 Å². The molecule has 1 aromatic heterocycles. The smallest absolute Gasteiger partial charge is 0.227 e. The van der Waals surface area contributed by atoms with Crippen LogP contribution < -0.4 is 4.90 Å². The zero-order chi connectivity index (χ0) is 28.0. The lowest BCUT2D eigenvalue weighted by molar-refractivity contribution is -0.117. The Hall–Kier alpha value is -2.14. The van der Waals surface area contributed by atoms with Gasteiger partial charge in [0.05, 0.1) is 16.7 Å². The first-order chi connectivity index (χ1) is 19.7. The van der Waals surface area contributed by atoms with E-state index in [1.54, 1.807) is 0 Å². The highest BCUT2D eigenvalue weighted by Gasteiger charge is 2.35. The highest BCUT2D eigenvalue weighted by molar-refractivity contribution is 9.10. The quantitative estimate of drug-likeness (QED) is 0.127. The topological polar surface area (TPSA) is 38.1 Å². The van der Waals surface area contributed by atoms with Crippen molar-refractivity contribution >= 4 is 38.6 Å². The van der Waals surface area contributed by atoms with Crippen LogP contribution in [-0.4, -0.2) is 22.0 Å². The second-order valence-corrected chi connectivity index (χ2v) is 12.6. The Balaban J connectivity index is 1.17. The molecule has 2 aromatic carbocycles. The molecule has 218 valence electrons. The van der Waals surface area contributed by atoms with Crippen molar-refractivity contribution in [3.8, 4) is 0 Å². The van der Waals surface area contributed by atoms with Crippen molar-refractivity contribution in [3.63, 3.8) is 0 Å². The van der Waals surface area contributed by atoms with Gasteiger partial charge in [0.25, 0.3) is 0 Å². The molecule has 1 aliphatic heterocycles. The zero-order valence-corrected chi connectivity index (χ0v) is 26.3. The number of carbonyl (C=O) groups excluding carboxylic acids is 1. The molecule has 1 amide bonds. The summed E-state index contributed by atoms with van der Waals surface area (Å²) in [7, 11) is 0. The summed E-state index contributed by atoms with van der Waals surface area (Å²) in [5.41, 5.74) is 3.20. The van der Waals surface area contributed by atoms with Gasteiger partial charge in [0, 0.05) is 29.9 Å². The molecule has 1 fully saturated rings. The van der Waals surface area contributed by atoms with E-state index in [1.807, 2.05) is 29.2 Å². The molecule has 1 unspecified atom stereocenters. The first-order valence-corrected chi connectivity index (χ1v) is 17.0. The third kappa shape index (κ3) is 8.93. The zero-order valence-electron chi connectivity index (χ0n) is 24.8. The number of imidazole rings is 1. The van der Waals surface area contributed by atoms with Crippen LogP contribution in [0.4, 0.5) is 5.69 Å². The highest BCUT2D eigenvalue weighted by Crippen LogP contribution is 2.36. The van der Waals surface area contributed by atoms with Crippen LogP contribution in [0.25, 0.3) is 11.0 Å². The summed E-state index contributed by atoms with van der Waals surface area (Å²) in [5.74, 6) is 1.37. The van der Waals surface area contributed by atoms with Gasteiger partial charge in [-0.3, -0.25) is 4.79 Å². The van der Waals surface area contributed by atoms with E-state index in [4.69, 9.17) is 4.98 Å². The second-order valence-electron chi connectivity index (χ2n) is 11.8. The number of unbranched alkanes of at least 4 members (excludes halogenated alkanes) is 15. The molecule has 0 radical (unpaired) electrons. The summed E-state index contributed by atoms with van der Waals surface area (Å²) in [4.78, 5) is 20.0. The normalized spacial score (nSPS) is 15.5. The predicted molar refractivity (Wildman–Crippen MR) is 173 cm³/mol. The molecule has 3 aromatic rings. The molecule has 40 heavy (non-hydrogen) atoms. The number of amides is 1. The lowest BCUT2D eigenvalue weighted by Gasteiger charge is -2.18. The monoisotopic (exact) mass is 607 g/mol. The number of nitrogens with zero attached hydrogens (tertiary/aromatic N) is 3. The Morgan fingerprint density at radius 1 is 0.750 bits per heavy atom. The molecule has 4 rings (SSSR count). The first kappa shape index (κ1) is 30.8. The lowest BCUT2D eigenvalue weighted by atomic mass is 10.0. The minimum atomic E-state index is 0.119. The Bertz CT molecular complexity index is 1170. The van der Waals surface area contributed by atoms with Crippen LogP contribution >= 0.6 is 15.9 Å². The first-order valence-electron chi connectivity index (χ1n) is 16.2. The van der Waals surface area contributed by atoms with Crippen molar-refractivity contribution < 1.29 is 4.79 Å². The van der Waals surface area contributed by atoms with Crippen molar-refractivity contribution in [2.45, 2.75) is 129 Å². The summed E-state index contributed by atoms with van der Waals surface area (Å²) in [5, 5.41) is 0. The average Bonchev–Trinajstić information content (AvgIpc) is 3.53. The largest absolute Gasteiger partial charge is 0.328 e. The molecule has 0 spiro atoms. The summed E-state index contributed by atoms with van der Waals surface area (Å²) in [6, 6.07) is 16.4. The van der Waals surface area contributed by atoms with E-state index in [0.717, 1.165) is 28.0 Å². The van der Waals surface area contributed by atoms with Gasteiger partial charge >= 0.3 is 0 Å². The molecule has 1 saturated heterocycles. The molecule has 5 heteroatoms. The minimum absolute atomic E-state index is 0.119. The maximum absolute atomic E-state index is 13.0. The van der Waals surface area contributed by atoms with Crippen LogP contribution in [0.15, 0.2) is 53.0 Å². The van der Waals surface area contributed by atoms with Gasteiger partial charge in [-0.1, -0.05) is 128 Å². The van der Waals surface area contributed by atoms with E-state index >= 15 is 0 Å². The number of halogens is 1. The Morgan fingerprint density at radius 2 is 1.30 bits per heavy atom. The van der Waals surface area contributed by atoms with E-state index in [-0.39, 0.29) is 11.8 Å². The van der Waals surface area contributed by atoms with Gasteiger partial charge < -0.3 is 9.47 Å². The Kier molecular flexibility index (Phi) is 13.1. The van der Waals surface area contributed by atoms with E-state index in [9.17, 15) is 4.79 Å². The number of carbonyl (C=O) groups is 1. The molecule has 0 bridgehead atoms. The number of hydrogen-bond donors (Lipinski definition) is 0. The number of aryl methyl sites for hydroxylation is 1. The van der Waals surface area contributed by atoms with Crippen LogP contribution in [-0.2, 0) is 11.3 Å². The van der Waals surface area contributed by atoms with Crippen molar-refractivity contribution in [1.29, 1.82) is 0 Å². The minimum Gasteiger partial charge on any atom is -0.328 e. The fourth-order valence-corrected chi connectivity index (χ4v) is 6.74. The molecular formula is C35H50BrN3O. The molecule has 4 nitrogen and oxygen atoms in total. The molecule has 1 atom stereocenters. The van der Waals surface area contributed by atoms with Crippen LogP contribution in [0.5, 0.6) is 0 Å². The fourth-order valence-electron chi connectivity index (χ4n) is 6.24. The highest BCUT2D eigenvalue weighted by atomic mass is 79.9. The number of rotatable bonds is 19. The van der Waals surface area contributed by atoms with Gasteiger partial charge in [0.15, 0.2) is 0 Å². The van der Waals surface area contributed by atoms with Gasteiger partial charge in [-0.25, -0.2) is 4.98 Å². The molecular weight excluding hydrogens is 558 g/mol. The predicted octanol–water partition coefficient (Wildman–Crippen LogP) is 10.6. The number of benzene rings is 2. The van der Waals surface area contributed by atoms with Gasteiger partial charge in [-0.15, -0.1) is 0 Å². The number of hydrogen-bond acceptors (Lipinski definition) is 2. The standard InChI is InChI=1S/C35H50BrN3O/c1-2-3-4-5-6-7-8-9-10-11-12-13-14-15-16-21-26-38-33-25-20-18-23-31(33)37-35(38)29-27-34(40)39(28-29)32-24-19-17-22-30(32)36/h17-20,22-25,29H,2-16,21,26-28H2,1H3. The van der Waals surface area contributed by atoms with Crippen LogP contribution in [0.1, 0.15) is 128 Å². The molecule has 1 aliphatic rings. The SMILES string of the molecule is CCCCCCCCCCCCCCCCCCn1c(C2CC(=O)N(c3ccccc3Br)C2)nc2ccccc21. The van der Waals surface area contributed by atoms with Crippen molar-refractivity contribution in [1.82, 2.24) is 9.55 Å². The summed E-state index contributed by atoms with van der Waals surface area (Å²) < 4.78 is 3.37. The van der Waals surface area contributed by atoms with E-state index in [0.29, 0.717) is 13.0 Å². The van der Waals surface area contributed by atoms with Crippen molar-refractivity contribution in [3.05, 3.63) is 58.8 Å². The summed E-state index contributed by atoms with van der Waals surface area (Å²) >= 11 is 3.63. The number of para-hydroxylation sites is 3. The van der Waals surface area contributed by atoms with Crippen LogP contribution in [0, 0.1) is 0 Å². The van der Waals surface area contributed by atoms with Gasteiger partial charge in [-0.2, -0.15) is 0 Å². The summed E-state index contributed by atoms with van der Waals surface area (Å²) in [6.07, 6.45) is 22.6. The number of anilines is 1. The molecule has 0 aliphatic carbocycles. The summed E-state index contributed by atoms with van der Waals surface area (Å²) in [6.45, 7) is 3.96. The molecule has 0 saturated carbocycles. The third-order valence-corrected chi connectivity index (χ3v) is 9.22.